The third-order valence-corrected chi connectivity index (χ3v) is 16.4. The van der Waals surface area contributed by atoms with E-state index in [1.54, 1.807) is 35.3 Å². The lowest BCUT2D eigenvalue weighted by molar-refractivity contribution is -0.170. The van der Waals surface area contributed by atoms with E-state index in [2.05, 4.69) is 85.2 Å². The van der Waals surface area contributed by atoms with Crippen molar-refractivity contribution in [3.05, 3.63) is 0 Å². The lowest BCUT2D eigenvalue weighted by Gasteiger charge is -2.31. The quantitative estimate of drug-likeness (QED) is 0.0251. The van der Waals surface area contributed by atoms with E-state index in [0.717, 1.165) is 36.5 Å². The number of carbonyl (C=O) groups is 4. The summed E-state index contributed by atoms with van der Waals surface area (Å²) >= 11 is 6.42. The van der Waals surface area contributed by atoms with Gasteiger partial charge in [0.05, 0.1) is 25.7 Å². The minimum Gasteiger partial charge on any atom is -0.465 e. The van der Waals surface area contributed by atoms with Gasteiger partial charge in [-0.2, -0.15) is 35.3 Å². The molecule has 0 aromatic rings. The van der Waals surface area contributed by atoms with Crippen molar-refractivity contribution >= 4 is 70.9 Å². The first-order valence-electron chi connectivity index (χ1n) is 29.8. The van der Waals surface area contributed by atoms with Crippen molar-refractivity contribution in [1.29, 1.82) is 0 Å². The van der Waals surface area contributed by atoms with Crippen molar-refractivity contribution in [3.8, 4) is 70.9 Å². The Kier molecular flexibility index (Phi) is 57.7. The van der Waals surface area contributed by atoms with Gasteiger partial charge in [-0.15, -0.1) is 6.42 Å². The monoisotopic (exact) mass is 1140 g/mol. The van der Waals surface area contributed by atoms with Crippen molar-refractivity contribution in [2.45, 2.75) is 239 Å². The molecule has 0 spiro atoms. The van der Waals surface area contributed by atoms with Crippen LogP contribution in [0.3, 0.4) is 0 Å². The molecule has 0 aliphatic rings. The molecule has 0 rings (SSSR count). The topological polar surface area (TPSA) is 105 Å². The Bertz CT molecular complexity index is 1740. The highest BCUT2D eigenvalue weighted by Crippen LogP contribution is 2.24. The summed E-state index contributed by atoms with van der Waals surface area (Å²) in [6, 6.07) is 0. The zero-order valence-corrected chi connectivity index (χ0v) is 51.6. The SMILES string of the molecule is C#CC#CC#CC#CC#CC#CSCCC(=O)OCC(COC(=O)CCSCCCCCCCCCCCC)(COC(=O)CCSCCCCCCCCCCCC)COC(=O)CCSCCCCCCCCCCCC. The fraction of sp³-hybridized carbons (Fsp3) is 0.754. The summed E-state index contributed by atoms with van der Waals surface area (Å²) in [5.74, 6) is 28.3. The van der Waals surface area contributed by atoms with Crippen molar-refractivity contribution in [1.82, 2.24) is 0 Å². The van der Waals surface area contributed by atoms with E-state index in [1.165, 1.54) is 185 Å². The molecule has 0 bridgehead atoms. The second-order valence-electron chi connectivity index (χ2n) is 19.7. The van der Waals surface area contributed by atoms with Gasteiger partial charge in [-0.05, 0) is 101 Å². The fourth-order valence-corrected chi connectivity index (χ4v) is 11.1. The summed E-state index contributed by atoms with van der Waals surface area (Å²) in [6.45, 7) is 5.70. The van der Waals surface area contributed by atoms with Crippen LogP contribution in [-0.2, 0) is 38.1 Å². The Balaban J connectivity index is 5.61. The molecule has 0 unspecified atom stereocenters. The summed E-state index contributed by atoms with van der Waals surface area (Å²) in [4.78, 5) is 52.9. The molecule has 12 heteroatoms. The molecule has 0 N–H and O–H groups in total. The third kappa shape index (κ3) is 55.7. The van der Waals surface area contributed by atoms with Crippen molar-refractivity contribution in [2.75, 3.05) is 66.7 Å². The largest absolute Gasteiger partial charge is 0.465 e. The zero-order valence-electron chi connectivity index (χ0n) is 48.3. The molecular weight excluding hydrogens is 1040 g/mol. The van der Waals surface area contributed by atoms with Gasteiger partial charge in [0.2, 0.25) is 0 Å². The summed E-state index contributed by atoms with van der Waals surface area (Å²) in [5.41, 5.74) is -1.31. The van der Waals surface area contributed by atoms with E-state index in [0.29, 0.717) is 23.0 Å². The normalized spacial score (nSPS) is 10.4. The molecule has 0 saturated carbocycles. The molecule has 0 atom stereocenters. The second kappa shape index (κ2) is 60.3. The predicted octanol–water partition coefficient (Wildman–Crippen LogP) is 16.0. The highest BCUT2D eigenvalue weighted by molar-refractivity contribution is 8.03. The number of carbonyl (C=O) groups excluding carboxylic acids is 4. The van der Waals surface area contributed by atoms with E-state index in [4.69, 9.17) is 25.4 Å². The maximum Gasteiger partial charge on any atom is 0.306 e. The molecule has 0 amide bonds. The Morgan fingerprint density at radius 2 is 0.571 bits per heavy atom. The highest BCUT2D eigenvalue weighted by Gasteiger charge is 2.38. The average Bonchev–Trinajstić information content (AvgIpc) is 3.43. The maximum absolute atomic E-state index is 13.2. The lowest BCUT2D eigenvalue weighted by atomic mass is 9.92. The van der Waals surface area contributed by atoms with Crippen LogP contribution >= 0.6 is 47.0 Å². The van der Waals surface area contributed by atoms with Crippen molar-refractivity contribution < 1.29 is 38.1 Å². The van der Waals surface area contributed by atoms with E-state index in [-0.39, 0.29) is 52.1 Å². The van der Waals surface area contributed by atoms with E-state index >= 15 is 0 Å². The van der Waals surface area contributed by atoms with Gasteiger partial charge in [-0.25, -0.2) is 0 Å². The van der Waals surface area contributed by atoms with Crippen molar-refractivity contribution in [2.24, 2.45) is 5.41 Å². The number of hydrogen-bond acceptors (Lipinski definition) is 12. The van der Waals surface area contributed by atoms with Crippen LogP contribution in [0.25, 0.3) is 0 Å². The molecule has 0 saturated heterocycles. The first-order chi connectivity index (χ1) is 37.8. The van der Waals surface area contributed by atoms with Crippen LogP contribution in [0.2, 0.25) is 0 Å². The van der Waals surface area contributed by atoms with Crippen LogP contribution in [0.15, 0.2) is 0 Å². The molecule has 0 radical (unpaired) electrons. The molecule has 77 heavy (non-hydrogen) atoms. The minimum absolute atomic E-state index is 0.0269. The van der Waals surface area contributed by atoms with Crippen LogP contribution in [0, 0.1) is 76.3 Å². The van der Waals surface area contributed by atoms with Gasteiger partial charge < -0.3 is 18.9 Å². The first kappa shape index (κ1) is 73.6. The summed E-state index contributed by atoms with van der Waals surface area (Å²) in [6.07, 6.45) is 44.0. The molecule has 0 aromatic carbocycles. The second-order valence-corrected chi connectivity index (χ2v) is 24.3. The van der Waals surface area contributed by atoms with Crippen LogP contribution < -0.4 is 0 Å². The summed E-state index contributed by atoms with van der Waals surface area (Å²) in [7, 11) is 0. The van der Waals surface area contributed by atoms with Crippen LogP contribution in [-0.4, -0.2) is 90.6 Å². The predicted molar refractivity (Wildman–Crippen MR) is 332 cm³/mol. The molecule has 0 fully saturated rings. The van der Waals surface area contributed by atoms with Gasteiger partial charge in [0.25, 0.3) is 0 Å². The molecule has 432 valence electrons. The van der Waals surface area contributed by atoms with Crippen LogP contribution in [0.4, 0.5) is 0 Å². The van der Waals surface area contributed by atoms with Gasteiger partial charge in [0.1, 0.15) is 31.8 Å². The number of esters is 4. The Morgan fingerprint density at radius 1 is 0.325 bits per heavy atom. The smallest absolute Gasteiger partial charge is 0.306 e. The standard InChI is InChI=1S/C65H100O8S4/c1-5-9-13-17-21-25-29-33-37-41-49-74-53-45-61(66)70-57-65(58-71-62(67)46-54-75-50-42-38-34-30-26-22-18-14-10-6-2,59-72-63(68)47-55-76-51-43-39-35-31-27-23-19-15-11-7-3)60-73-64(69)48-56-77-52-44-40-36-32-28-24-20-16-12-8-4/h1H,6-8,10-12,14-16,18-20,22-24,26-28,30-32,34-36,38-40,42-48,50-60H2,2-4H3. The fourth-order valence-electron chi connectivity index (χ4n) is 7.82. The molecule has 0 aromatic heterocycles. The first-order valence-corrected chi connectivity index (χ1v) is 34.2. The maximum atomic E-state index is 13.2. The van der Waals surface area contributed by atoms with E-state index < -0.39 is 29.3 Å². The summed E-state index contributed by atoms with van der Waals surface area (Å²) < 4.78 is 23.4. The Morgan fingerprint density at radius 3 is 0.857 bits per heavy atom. The highest BCUT2D eigenvalue weighted by atomic mass is 32.2. The van der Waals surface area contributed by atoms with Gasteiger partial charge in [0, 0.05) is 23.0 Å². The molecule has 0 aliphatic heterocycles. The minimum atomic E-state index is -1.31. The van der Waals surface area contributed by atoms with Crippen molar-refractivity contribution in [3.63, 3.8) is 0 Å². The average molecular weight is 1140 g/mol. The zero-order chi connectivity index (χ0) is 56.1. The molecule has 0 aliphatic carbocycles. The van der Waals surface area contributed by atoms with Crippen LogP contribution in [0.5, 0.6) is 0 Å². The van der Waals surface area contributed by atoms with Gasteiger partial charge >= 0.3 is 23.9 Å². The number of hydrogen-bond donors (Lipinski definition) is 0. The van der Waals surface area contributed by atoms with Gasteiger partial charge in [-0.3, -0.25) is 19.2 Å². The lowest BCUT2D eigenvalue weighted by Crippen LogP contribution is -2.44. The number of unbranched alkanes of at least 4 members (excludes halogenated alkanes) is 27. The van der Waals surface area contributed by atoms with E-state index in [1.807, 2.05) is 0 Å². The number of thioether (sulfide) groups is 4. The van der Waals surface area contributed by atoms with Crippen LogP contribution in [0.1, 0.15) is 239 Å². The molecule has 0 heterocycles. The molecular formula is C65H100O8S4. The van der Waals surface area contributed by atoms with Gasteiger partial charge in [-0.1, -0.05) is 206 Å². The number of ether oxygens (including phenoxy) is 4. The number of rotatable bonds is 53. The Hall–Kier alpha value is -3.36. The number of terminal acetylenes is 1. The summed E-state index contributed by atoms with van der Waals surface area (Å²) in [5, 5.41) is 2.82. The molecule has 8 nitrogen and oxygen atoms in total. The van der Waals surface area contributed by atoms with E-state index in [9.17, 15) is 19.2 Å². The third-order valence-electron chi connectivity index (χ3n) is 12.5. The Labute approximate surface area is 488 Å². The van der Waals surface area contributed by atoms with Gasteiger partial charge in [0.15, 0.2) is 0 Å².